The summed E-state index contributed by atoms with van der Waals surface area (Å²) >= 11 is 0. The van der Waals surface area contributed by atoms with E-state index in [0.717, 1.165) is 12.1 Å². The average Bonchev–Trinajstić information content (AvgIpc) is 2.87. The van der Waals surface area contributed by atoms with Gasteiger partial charge in [0.15, 0.2) is 0 Å². The SMILES string of the molecule is Cc1nn(-c2ccccc2)c(C)c1C(=O)C(=O)N(C)[C@@H](C)CC(C)C. The highest BCUT2D eigenvalue weighted by Gasteiger charge is 2.29. The van der Waals surface area contributed by atoms with Gasteiger partial charge in [-0.05, 0) is 45.2 Å². The number of carbonyl (C=O) groups is 2. The highest BCUT2D eigenvalue weighted by molar-refractivity contribution is 6.43. The second kappa shape index (κ2) is 7.64. The van der Waals surface area contributed by atoms with Gasteiger partial charge in [-0.15, -0.1) is 0 Å². The van der Waals surface area contributed by atoms with Gasteiger partial charge in [0.2, 0.25) is 0 Å². The molecule has 0 fully saturated rings. The quantitative estimate of drug-likeness (QED) is 0.596. The smallest absolute Gasteiger partial charge is 0.295 e. The number of hydrogen-bond acceptors (Lipinski definition) is 3. The first-order valence-electron chi connectivity index (χ1n) is 8.67. The van der Waals surface area contributed by atoms with Crippen molar-refractivity contribution in [3.05, 3.63) is 47.3 Å². The van der Waals surface area contributed by atoms with E-state index in [1.54, 1.807) is 23.6 Å². The number of likely N-dealkylation sites (N-methyl/N-ethyl adjacent to an activating group) is 1. The highest BCUT2D eigenvalue weighted by atomic mass is 16.2. The van der Waals surface area contributed by atoms with Gasteiger partial charge in [0.1, 0.15) is 0 Å². The van der Waals surface area contributed by atoms with Crippen LogP contribution in [0.15, 0.2) is 30.3 Å². The lowest BCUT2D eigenvalue weighted by molar-refractivity contribution is -0.127. The monoisotopic (exact) mass is 341 g/mol. The van der Waals surface area contributed by atoms with Crippen LogP contribution in [-0.4, -0.2) is 39.5 Å². The van der Waals surface area contributed by atoms with E-state index in [-0.39, 0.29) is 6.04 Å². The second-order valence-electron chi connectivity index (χ2n) is 7.02. The van der Waals surface area contributed by atoms with Gasteiger partial charge >= 0.3 is 0 Å². The van der Waals surface area contributed by atoms with Crippen molar-refractivity contribution in [3.8, 4) is 5.69 Å². The first-order valence-corrected chi connectivity index (χ1v) is 8.67. The number of benzene rings is 1. The van der Waals surface area contributed by atoms with E-state index in [1.807, 2.05) is 44.2 Å². The molecule has 1 aromatic heterocycles. The molecule has 0 saturated heterocycles. The van der Waals surface area contributed by atoms with Crippen LogP contribution in [0.25, 0.3) is 5.69 Å². The summed E-state index contributed by atoms with van der Waals surface area (Å²) < 4.78 is 1.72. The van der Waals surface area contributed by atoms with Gasteiger partial charge in [0.25, 0.3) is 11.7 Å². The first-order chi connectivity index (χ1) is 11.7. The molecule has 0 aliphatic rings. The largest absolute Gasteiger partial charge is 0.336 e. The van der Waals surface area contributed by atoms with E-state index in [1.165, 1.54) is 0 Å². The van der Waals surface area contributed by atoms with Crippen molar-refractivity contribution in [2.45, 2.75) is 47.1 Å². The van der Waals surface area contributed by atoms with Gasteiger partial charge in [0, 0.05) is 13.1 Å². The minimum Gasteiger partial charge on any atom is -0.336 e. The Kier molecular flexibility index (Phi) is 5.77. The Bertz CT molecular complexity index is 763. The van der Waals surface area contributed by atoms with Crippen LogP contribution in [0.2, 0.25) is 0 Å². The number of aromatic nitrogens is 2. The molecule has 134 valence electrons. The molecule has 5 heteroatoms. The summed E-state index contributed by atoms with van der Waals surface area (Å²) in [7, 11) is 1.69. The molecule has 0 aliphatic heterocycles. The van der Waals surface area contributed by atoms with Crippen molar-refractivity contribution < 1.29 is 9.59 Å². The lowest BCUT2D eigenvalue weighted by atomic mass is 10.0. The summed E-state index contributed by atoms with van der Waals surface area (Å²) in [4.78, 5) is 27.0. The van der Waals surface area contributed by atoms with Crippen molar-refractivity contribution >= 4 is 11.7 Å². The Morgan fingerprint density at radius 3 is 2.28 bits per heavy atom. The third-order valence-corrected chi connectivity index (χ3v) is 4.51. The maximum atomic E-state index is 12.8. The molecule has 1 aromatic carbocycles. The zero-order valence-electron chi connectivity index (χ0n) is 15.9. The third-order valence-electron chi connectivity index (χ3n) is 4.51. The fourth-order valence-electron chi connectivity index (χ4n) is 3.10. The van der Waals surface area contributed by atoms with Crippen LogP contribution < -0.4 is 0 Å². The average molecular weight is 341 g/mol. The summed E-state index contributed by atoms with van der Waals surface area (Å²) in [5, 5.41) is 4.46. The number of nitrogens with zero attached hydrogens (tertiary/aromatic N) is 3. The van der Waals surface area contributed by atoms with E-state index < -0.39 is 11.7 Å². The molecule has 1 atom stereocenters. The zero-order valence-corrected chi connectivity index (χ0v) is 15.9. The number of Topliss-reactive ketones (excluding diaryl/α,β-unsaturated/α-hetero) is 1. The zero-order chi connectivity index (χ0) is 18.7. The van der Waals surface area contributed by atoms with E-state index in [0.29, 0.717) is 22.9 Å². The van der Waals surface area contributed by atoms with E-state index >= 15 is 0 Å². The summed E-state index contributed by atoms with van der Waals surface area (Å²) in [6.07, 6.45) is 0.858. The van der Waals surface area contributed by atoms with Crippen molar-refractivity contribution in [1.29, 1.82) is 0 Å². The normalized spacial score (nSPS) is 12.3. The fourth-order valence-corrected chi connectivity index (χ4v) is 3.10. The lowest BCUT2D eigenvalue weighted by Gasteiger charge is -2.25. The van der Waals surface area contributed by atoms with Gasteiger partial charge in [-0.25, -0.2) is 4.68 Å². The summed E-state index contributed by atoms with van der Waals surface area (Å²) in [6.45, 7) is 9.78. The Morgan fingerprint density at radius 1 is 1.12 bits per heavy atom. The summed E-state index contributed by atoms with van der Waals surface area (Å²) in [5.41, 5.74) is 2.53. The fraction of sp³-hybridized carbons (Fsp3) is 0.450. The van der Waals surface area contributed by atoms with Crippen molar-refractivity contribution in [2.75, 3.05) is 7.05 Å². The molecule has 0 unspecified atom stereocenters. The summed E-state index contributed by atoms with van der Waals surface area (Å²) in [5.74, 6) is -0.507. The van der Waals surface area contributed by atoms with Crippen LogP contribution in [0, 0.1) is 19.8 Å². The van der Waals surface area contributed by atoms with Crippen molar-refractivity contribution in [2.24, 2.45) is 5.92 Å². The molecule has 1 heterocycles. The van der Waals surface area contributed by atoms with Crippen LogP contribution in [0.4, 0.5) is 0 Å². The molecule has 2 aromatic rings. The summed E-state index contributed by atoms with van der Waals surface area (Å²) in [6, 6.07) is 9.62. The lowest BCUT2D eigenvalue weighted by Crippen LogP contribution is -2.40. The number of amides is 1. The van der Waals surface area contributed by atoms with Crippen LogP contribution >= 0.6 is 0 Å². The molecule has 25 heavy (non-hydrogen) atoms. The minimum absolute atomic E-state index is 0.0150. The van der Waals surface area contributed by atoms with Gasteiger partial charge in [-0.2, -0.15) is 5.10 Å². The van der Waals surface area contributed by atoms with Crippen LogP contribution in [0.5, 0.6) is 0 Å². The molecular weight excluding hydrogens is 314 g/mol. The molecular formula is C20H27N3O2. The Labute approximate surface area is 149 Å². The molecule has 0 aliphatic carbocycles. The standard InChI is InChI=1S/C20H27N3O2/c1-13(2)12-14(3)22(6)20(25)19(24)18-15(4)21-23(16(18)5)17-10-8-7-9-11-17/h7-11,13-14H,12H2,1-6H3/t14-/m0/s1. The maximum Gasteiger partial charge on any atom is 0.295 e. The number of hydrogen-bond donors (Lipinski definition) is 0. The van der Waals surface area contributed by atoms with Crippen molar-refractivity contribution in [1.82, 2.24) is 14.7 Å². The van der Waals surface area contributed by atoms with Crippen LogP contribution in [0.1, 0.15) is 48.9 Å². The topological polar surface area (TPSA) is 55.2 Å². The molecule has 0 spiro atoms. The third kappa shape index (κ3) is 3.98. The maximum absolute atomic E-state index is 12.8. The van der Waals surface area contributed by atoms with E-state index in [9.17, 15) is 9.59 Å². The number of para-hydroxylation sites is 1. The van der Waals surface area contributed by atoms with E-state index in [4.69, 9.17) is 0 Å². The predicted octanol–water partition coefficient (Wildman–Crippen LogP) is 3.56. The molecule has 0 saturated carbocycles. The van der Waals surface area contributed by atoms with Crippen LogP contribution in [-0.2, 0) is 4.79 Å². The molecule has 0 N–H and O–H groups in total. The Morgan fingerprint density at radius 2 is 1.72 bits per heavy atom. The Balaban J connectivity index is 2.31. The van der Waals surface area contributed by atoms with Crippen molar-refractivity contribution in [3.63, 3.8) is 0 Å². The van der Waals surface area contributed by atoms with Gasteiger partial charge < -0.3 is 4.90 Å². The second-order valence-corrected chi connectivity index (χ2v) is 7.02. The molecule has 5 nitrogen and oxygen atoms in total. The van der Waals surface area contributed by atoms with Gasteiger partial charge in [-0.3, -0.25) is 9.59 Å². The van der Waals surface area contributed by atoms with Gasteiger partial charge in [-0.1, -0.05) is 32.0 Å². The Hall–Kier alpha value is -2.43. The molecule has 1 amide bonds. The highest BCUT2D eigenvalue weighted by Crippen LogP contribution is 2.20. The minimum atomic E-state index is -0.490. The number of ketones is 1. The molecule has 0 radical (unpaired) electrons. The van der Waals surface area contributed by atoms with Crippen LogP contribution in [0.3, 0.4) is 0 Å². The predicted molar refractivity (Wildman–Crippen MR) is 99.1 cm³/mol. The number of carbonyl (C=O) groups excluding carboxylic acids is 2. The molecule has 2 rings (SSSR count). The molecule has 0 bridgehead atoms. The first kappa shape index (κ1) is 18.9. The number of aryl methyl sites for hydroxylation is 1. The van der Waals surface area contributed by atoms with E-state index in [2.05, 4.69) is 18.9 Å². The number of rotatable bonds is 6. The van der Waals surface area contributed by atoms with Gasteiger partial charge in [0.05, 0.1) is 22.6 Å².